The number of thiazole rings is 1. The summed E-state index contributed by atoms with van der Waals surface area (Å²) in [7, 11) is 0. The SMILES string of the molecule is OC[C@H]1C[C@@H](Nc2nc(Nc3ccccc3O)ncc2-c2nc3ccccc3s2)[C@H](O)[C@@H]1O. The summed E-state index contributed by atoms with van der Waals surface area (Å²) in [6.45, 7) is -0.217. The Hall–Kier alpha value is -3.31. The maximum absolute atomic E-state index is 10.5. The lowest BCUT2D eigenvalue weighted by Gasteiger charge is -2.20. The van der Waals surface area contributed by atoms with E-state index in [4.69, 9.17) is 4.98 Å². The Morgan fingerprint density at radius 2 is 1.79 bits per heavy atom. The van der Waals surface area contributed by atoms with Crippen LogP contribution in [0, 0.1) is 5.92 Å². The van der Waals surface area contributed by atoms with Gasteiger partial charge in [-0.2, -0.15) is 4.98 Å². The van der Waals surface area contributed by atoms with E-state index >= 15 is 0 Å². The standard InChI is InChI=1S/C23H23N5O4S/c29-11-12-9-16(20(32)19(12)31)25-21-13(22-26-15-6-2-4-8-18(15)33-22)10-24-23(28-21)27-14-5-1-3-7-17(14)30/h1-8,10,12,16,19-20,29-32H,9,11H2,(H2,24,25,27,28)/t12-,16-,19-,20+/m1/s1. The summed E-state index contributed by atoms with van der Waals surface area (Å²) in [5, 5.41) is 47.3. The minimum Gasteiger partial charge on any atom is -0.506 e. The number of aromatic nitrogens is 3. The summed E-state index contributed by atoms with van der Waals surface area (Å²) >= 11 is 1.50. The van der Waals surface area contributed by atoms with E-state index < -0.39 is 24.2 Å². The topological polar surface area (TPSA) is 144 Å². The van der Waals surface area contributed by atoms with Crippen LogP contribution in [0.1, 0.15) is 6.42 Å². The van der Waals surface area contributed by atoms with Crippen molar-refractivity contribution in [1.29, 1.82) is 0 Å². The summed E-state index contributed by atoms with van der Waals surface area (Å²) in [4.78, 5) is 13.7. The van der Waals surface area contributed by atoms with Crippen molar-refractivity contribution in [3.8, 4) is 16.3 Å². The number of rotatable bonds is 6. The van der Waals surface area contributed by atoms with Gasteiger partial charge in [0.05, 0.1) is 33.6 Å². The molecule has 170 valence electrons. The van der Waals surface area contributed by atoms with Crippen LogP contribution in [0.15, 0.2) is 54.7 Å². The van der Waals surface area contributed by atoms with Gasteiger partial charge >= 0.3 is 0 Å². The first-order chi connectivity index (χ1) is 16.0. The van der Waals surface area contributed by atoms with Gasteiger partial charge in [-0.05, 0) is 30.7 Å². The van der Waals surface area contributed by atoms with Crippen LogP contribution in [0.4, 0.5) is 17.5 Å². The van der Waals surface area contributed by atoms with Gasteiger partial charge in [-0.1, -0.05) is 24.3 Å². The fraction of sp³-hybridized carbons (Fsp3) is 0.261. The molecule has 5 rings (SSSR count). The van der Waals surface area contributed by atoms with E-state index in [0.29, 0.717) is 28.5 Å². The Balaban J connectivity index is 1.53. The van der Waals surface area contributed by atoms with Crippen molar-refractivity contribution in [2.24, 2.45) is 5.92 Å². The quantitative estimate of drug-likeness (QED) is 0.237. The number of aliphatic hydroxyl groups is 3. The third-order valence-electron chi connectivity index (χ3n) is 5.82. The smallest absolute Gasteiger partial charge is 0.229 e. The van der Waals surface area contributed by atoms with Gasteiger partial charge in [0.2, 0.25) is 5.95 Å². The molecule has 0 spiro atoms. The molecule has 2 aromatic heterocycles. The molecule has 1 aliphatic rings. The molecule has 0 amide bonds. The number of aromatic hydroxyl groups is 1. The molecule has 0 saturated heterocycles. The van der Waals surface area contributed by atoms with E-state index in [0.717, 1.165) is 10.2 Å². The van der Waals surface area contributed by atoms with Crippen LogP contribution in [0.2, 0.25) is 0 Å². The number of hydrogen-bond acceptors (Lipinski definition) is 10. The van der Waals surface area contributed by atoms with Gasteiger partial charge < -0.3 is 31.1 Å². The first kappa shape index (κ1) is 21.5. The molecule has 0 bridgehead atoms. The summed E-state index contributed by atoms with van der Waals surface area (Å²) in [6, 6.07) is 14.0. The van der Waals surface area contributed by atoms with Crippen LogP contribution < -0.4 is 10.6 Å². The molecule has 1 saturated carbocycles. The minimum atomic E-state index is -1.06. The largest absolute Gasteiger partial charge is 0.506 e. The Morgan fingerprint density at radius 3 is 2.55 bits per heavy atom. The van der Waals surface area contributed by atoms with Crippen molar-refractivity contribution in [2.75, 3.05) is 17.2 Å². The number of fused-ring (bicyclic) bond motifs is 1. The van der Waals surface area contributed by atoms with Gasteiger partial charge in [0.15, 0.2) is 0 Å². The van der Waals surface area contributed by atoms with Crippen molar-refractivity contribution in [2.45, 2.75) is 24.7 Å². The first-order valence-corrected chi connectivity index (χ1v) is 11.4. The summed E-state index contributed by atoms with van der Waals surface area (Å²) in [6.07, 6.45) is -0.0740. The number of nitrogens with zero attached hydrogens (tertiary/aromatic N) is 3. The van der Waals surface area contributed by atoms with E-state index in [1.807, 2.05) is 24.3 Å². The Kier molecular flexibility index (Phi) is 5.81. The number of aliphatic hydroxyl groups excluding tert-OH is 3. The Morgan fingerprint density at radius 1 is 1.00 bits per heavy atom. The zero-order valence-corrected chi connectivity index (χ0v) is 18.3. The number of phenolic OH excluding ortho intramolecular Hbond substituents is 1. The van der Waals surface area contributed by atoms with Crippen molar-refractivity contribution >= 4 is 39.0 Å². The van der Waals surface area contributed by atoms with Gasteiger partial charge in [-0.3, -0.25) is 0 Å². The molecule has 0 aliphatic heterocycles. The van der Waals surface area contributed by atoms with Crippen LogP contribution in [-0.2, 0) is 0 Å². The average molecular weight is 466 g/mol. The number of nitrogens with one attached hydrogen (secondary N) is 2. The normalized spacial score (nSPS) is 22.5. The molecule has 0 unspecified atom stereocenters. The number of anilines is 3. The van der Waals surface area contributed by atoms with Gasteiger partial charge in [0.25, 0.3) is 0 Å². The zero-order chi connectivity index (χ0) is 22.9. The van der Waals surface area contributed by atoms with Crippen molar-refractivity contribution in [3.63, 3.8) is 0 Å². The molecule has 1 fully saturated rings. The number of phenols is 1. The maximum Gasteiger partial charge on any atom is 0.229 e. The third-order valence-corrected chi connectivity index (χ3v) is 6.89. The predicted molar refractivity (Wildman–Crippen MR) is 127 cm³/mol. The van der Waals surface area contributed by atoms with Crippen LogP contribution in [0.5, 0.6) is 5.75 Å². The summed E-state index contributed by atoms with van der Waals surface area (Å²) in [5.41, 5.74) is 1.96. The summed E-state index contributed by atoms with van der Waals surface area (Å²) in [5.74, 6) is 0.308. The highest BCUT2D eigenvalue weighted by atomic mass is 32.1. The van der Waals surface area contributed by atoms with Crippen LogP contribution >= 0.6 is 11.3 Å². The first-order valence-electron chi connectivity index (χ1n) is 10.5. The monoisotopic (exact) mass is 465 g/mol. The van der Waals surface area contributed by atoms with Crippen LogP contribution in [-0.4, -0.2) is 60.2 Å². The second-order valence-corrected chi connectivity index (χ2v) is 9.03. The highest BCUT2D eigenvalue weighted by Crippen LogP contribution is 2.36. The highest BCUT2D eigenvalue weighted by molar-refractivity contribution is 7.21. The molecule has 4 aromatic rings. The minimum absolute atomic E-state index is 0.0611. The second-order valence-electron chi connectivity index (χ2n) is 8.00. The molecule has 1 aliphatic carbocycles. The van der Waals surface area contributed by atoms with Gasteiger partial charge in [0, 0.05) is 18.7 Å². The molecule has 9 nitrogen and oxygen atoms in total. The molecule has 0 radical (unpaired) electrons. The lowest BCUT2D eigenvalue weighted by Crippen LogP contribution is -2.35. The van der Waals surface area contributed by atoms with E-state index in [1.165, 1.54) is 11.3 Å². The molecule has 6 N–H and O–H groups in total. The molecule has 2 heterocycles. The molecule has 4 atom stereocenters. The number of para-hydroxylation sites is 3. The lowest BCUT2D eigenvalue weighted by atomic mass is 10.1. The Labute approximate surface area is 193 Å². The Bertz CT molecular complexity index is 1250. The highest BCUT2D eigenvalue weighted by Gasteiger charge is 2.41. The lowest BCUT2D eigenvalue weighted by molar-refractivity contribution is 0.00446. The van der Waals surface area contributed by atoms with Gasteiger partial charge in [0.1, 0.15) is 22.7 Å². The predicted octanol–water partition coefficient (Wildman–Crippen LogP) is 2.72. The fourth-order valence-corrected chi connectivity index (χ4v) is 5.00. The maximum atomic E-state index is 10.5. The van der Waals surface area contributed by atoms with Crippen molar-refractivity contribution in [3.05, 3.63) is 54.7 Å². The zero-order valence-electron chi connectivity index (χ0n) is 17.5. The van der Waals surface area contributed by atoms with Crippen LogP contribution in [0.3, 0.4) is 0 Å². The van der Waals surface area contributed by atoms with Crippen molar-refractivity contribution in [1.82, 2.24) is 15.0 Å². The van der Waals surface area contributed by atoms with E-state index in [-0.39, 0.29) is 18.3 Å². The van der Waals surface area contributed by atoms with Crippen molar-refractivity contribution < 1.29 is 20.4 Å². The van der Waals surface area contributed by atoms with E-state index in [1.54, 1.807) is 30.5 Å². The second kappa shape index (κ2) is 8.91. The van der Waals surface area contributed by atoms with Gasteiger partial charge in [-0.25, -0.2) is 9.97 Å². The molecular weight excluding hydrogens is 442 g/mol. The summed E-state index contributed by atoms with van der Waals surface area (Å²) < 4.78 is 1.02. The average Bonchev–Trinajstić information content (AvgIpc) is 3.37. The molecule has 10 heteroatoms. The fourth-order valence-electron chi connectivity index (χ4n) is 4.02. The third kappa shape index (κ3) is 4.21. The number of benzene rings is 2. The van der Waals surface area contributed by atoms with Crippen LogP contribution in [0.25, 0.3) is 20.8 Å². The van der Waals surface area contributed by atoms with E-state index in [9.17, 15) is 20.4 Å². The van der Waals surface area contributed by atoms with Gasteiger partial charge in [-0.15, -0.1) is 11.3 Å². The molecule has 2 aromatic carbocycles. The van der Waals surface area contributed by atoms with E-state index in [2.05, 4.69) is 20.6 Å². The number of hydrogen-bond donors (Lipinski definition) is 6. The molecular formula is C23H23N5O4S. The molecule has 33 heavy (non-hydrogen) atoms.